The van der Waals surface area contributed by atoms with Crippen molar-refractivity contribution < 1.29 is 17.9 Å². The number of pyridine rings is 1. The number of aromatic nitrogens is 1. The van der Waals surface area contributed by atoms with E-state index >= 15 is 0 Å². The van der Waals surface area contributed by atoms with Gasteiger partial charge >= 0.3 is 0 Å². The third-order valence-electron chi connectivity index (χ3n) is 2.25. The molecule has 1 aromatic rings. The number of sulfonamides is 1. The fourth-order valence-corrected chi connectivity index (χ4v) is 3.31. The Morgan fingerprint density at radius 2 is 2.15 bits per heavy atom. The summed E-state index contributed by atoms with van der Waals surface area (Å²) in [6, 6.07) is 1.41. The monoisotopic (exact) mass is 386 g/mol. The zero-order valence-electron chi connectivity index (χ0n) is 10.9. The molecule has 0 bridgehead atoms. The minimum atomic E-state index is -3.67. The lowest BCUT2D eigenvalue weighted by molar-refractivity contribution is 0.0699. The molecular weight excluding hydrogens is 372 g/mol. The zero-order chi connectivity index (χ0) is 15.0. The van der Waals surface area contributed by atoms with Gasteiger partial charge in [-0.2, -0.15) is 0 Å². The van der Waals surface area contributed by atoms with Crippen LogP contribution in [0.25, 0.3) is 0 Å². The molecule has 0 amide bonds. The SMILES string of the molecule is COCCOCCCNS(=O)(=O)c1cc(Br)cnc1Cl. The highest BCUT2D eigenvalue weighted by Crippen LogP contribution is 2.22. The van der Waals surface area contributed by atoms with E-state index in [4.69, 9.17) is 21.1 Å². The molecule has 0 aliphatic rings. The summed E-state index contributed by atoms with van der Waals surface area (Å²) < 4.78 is 37.1. The quantitative estimate of drug-likeness (QED) is 0.517. The second-order valence-electron chi connectivity index (χ2n) is 3.80. The molecule has 0 fully saturated rings. The van der Waals surface area contributed by atoms with Crippen LogP contribution in [0, 0.1) is 0 Å². The van der Waals surface area contributed by atoms with Crippen LogP contribution < -0.4 is 4.72 Å². The van der Waals surface area contributed by atoms with Crippen LogP contribution in [0.15, 0.2) is 21.6 Å². The number of nitrogens with zero attached hydrogens (tertiary/aromatic N) is 1. The van der Waals surface area contributed by atoms with E-state index in [0.717, 1.165) is 0 Å². The minimum Gasteiger partial charge on any atom is -0.382 e. The molecule has 0 atom stereocenters. The Bertz CT molecular complexity index is 527. The Morgan fingerprint density at radius 3 is 2.85 bits per heavy atom. The van der Waals surface area contributed by atoms with Crippen LogP contribution in [0.4, 0.5) is 0 Å². The van der Waals surface area contributed by atoms with Gasteiger partial charge in [-0.3, -0.25) is 0 Å². The highest BCUT2D eigenvalue weighted by molar-refractivity contribution is 9.10. The van der Waals surface area contributed by atoms with Crippen molar-refractivity contribution >= 4 is 37.6 Å². The summed E-state index contributed by atoms with van der Waals surface area (Å²) in [5.74, 6) is 0. The molecule has 9 heteroatoms. The summed E-state index contributed by atoms with van der Waals surface area (Å²) in [6.45, 7) is 1.73. The number of rotatable bonds is 9. The van der Waals surface area contributed by atoms with Crippen LogP contribution in [0.2, 0.25) is 5.15 Å². The Labute approximate surface area is 132 Å². The first-order valence-electron chi connectivity index (χ1n) is 5.85. The zero-order valence-corrected chi connectivity index (χ0v) is 14.1. The van der Waals surface area contributed by atoms with Crippen molar-refractivity contribution in [1.82, 2.24) is 9.71 Å². The summed E-state index contributed by atoms with van der Waals surface area (Å²) in [7, 11) is -2.08. The van der Waals surface area contributed by atoms with E-state index in [0.29, 0.717) is 30.7 Å². The van der Waals surface area contributed by atoms with Gasteiger partial charge in [-0.15, -0.1) is 0 Å². The molecule has 0 radical (unpaired) electrons. The molecular formula is C11H16BrClN2O4S. The predicted molar refractivity (Wildman–Crippen MR) is 79.4 cm³/mol. The second-order valence-corrected chi connectivity index (χ2v) is 6.81. The van der Waals surface area contributed by atoms with Crippen molar-refractivity contribution in [2.75, 3.05) is 33.5 Å². The molecule has 0 saturated heterocycles. The van der Waals surface area contributed by atoms with Gasteiger partial charge in [-0.25, -0.2) is 18.1 Å². The van der Waals surface area contributed by atoms with Crippen molar-refractivity contribution in [2.24, 2.45) is 0 Å². The maximum atomic E-state index is 12.0. The second kappa shape index (κ2) is 8.91. The van der Waals surface area contributed by atoms with Gasteiger partial charge in [-0.05, 0) is 28.4 Å². The molecule has 1 rings (SSSR count). The number of ether oxygens (including phenoxy) is 2. The van der Waals surface area contributed by atoms with Crippen molar-refractivity contribution in [3.63, 3.8) is 0 Å². The van der Waals surface area contributed by atoms with Gasteiger partial charge in [0.15, 0.2) is 0 Å². The molecule has 20 heavy (non-hydrogen) atoms. The summed E-state index contributed by atoms with van der Waals surface area (Å²) in [5.41, 5.74) is 0. The van der Waals surface area contributed by atoms with Crippen LogP contribution in [0.5, 0.6) is 0 Å². The molecule has 1 N–H and O–H groups in total. The smallest absolute Gasteiger partial charge is 0.243 e. The number of hydrogen-bond donors (Lipinski definition) is 1. The number of hydrogen-bond acceptors (Lipinski definition) is 5. The van der Waals surface area contributed by atoms with E-state index in [1.807, 2.05) is 0 Å². The number of nitrogens with one attached hydrogen (secondary N) is 1. The highest BCUT2D eigenvalue weighted by atomic mass is 79.9. The summed E-state index contributed by atoms with van der Waals surface area (Å²) in [5, 5.41) is -0.0583. The van der Waals surface area contributed by atoms with Crippen LogP contribution in [-0.4, -0.2) is 46.9 Å². The average molecular weight is 388 g/mol. The van der Waals surface area contributed by atoms with Crippen molar-refractivity contribution in [1.29, 1.82) is 0 Å². The highest BCUT2D eigenvalue weighted by Gasteiger charge is 2.18. The first kappa shape index (κ1) is 17.8. The van der Waals surface area contributed by atoms with E-state index in [9.17, 15) is 8.42 Å². The first-order chi connectivity index (χ1) is 9.47. The van der Waals surface area contributed by atoms with Gasteiger partial charge in [0.2, 0.25) is 10.0 Å². The van der Waals surface area contributed by atoms with Crippen LogP contribution in [0.3, 0.4) is 0 Å². The molecule has 114 valence electrons. The Kier molecular flexibility index (Phi) is 7.93. The Balaban J connectivity index is 2.44. The van der Waals surface area contributed by atoms with E-state index in [1.54, 1.807) is 7.11 Å². The standard InChI is InChI=1S/C11H16BrClN2O4S/c1-18-5-6-19-4-2-3-15-20(16,17)10-7-9(12)8-14-11(10)13/h7-8,15H,2-6H2,1H3. The topological polar surface area (TPSA) is 77.5 Å². The molecule has 0 spiro atoms. The lowest BCUT2D eigenvalue weighted by Crippen LogP contribution is -2.26. The molecule has 0 saturated carbocycles. The van der Waals surface area contributed by atoms with Crippen LogP contribution in [0.1, 0.15) is 6.42 Å². The molecule has 1 aromatic heterocycles. The van der Waals surface area contributed by atoms with Crippen molar-refractivity contribution in [3.8, 4) is 0 Å². The van der Waals surface area contributed by atoms with E-state index in [2.05, 4.69) is 25.6 Å². The van der Waals surface area contributed by atoms with Crippen molar-refractivity contribution in [2.45, 2.75) is 11.3 Å². The van der Waals surface area contributed by atoms with Gasteiger partial charge in [0.05, 0.1) is 13.2 Å². The lowest BCUT2D eigenvalue weighted by atomic mass is 10.5. The van der Waals surface area contributed by atoms with Gasteiger partial charge in [0.25, 0.3) is 0 Å². The van der Waals surface area contributed by atoms with Gasteiger partial charge in [-0.1, -0.05) is 11.6 Å². The van der Waals surface area contributed by atoms with Crippen LogP contribution >= 0.6 is 27.5 Å². The summed E-state index contributed by atoms with van der Waals surface area (Å²) in [6.07, 6.45) is 1.99. The summed E-state index contributed by atoms with van der Waals surface area (Å²) >= 11 is 8.95. The summed E-state index contributed by atoms with van der Waals surface area (Å²) in [4.78, 5) is 3.74. The largest absolute Gasteiger partial charge is 0.382 e. The third kappa shape index (κ3) is 6.02. The molecule has 0 unspecified atom stereocenters. The third-order valence-corrected chi connectivity index (χ3v) is 4.57. The number of methoxy groups -OCH3 is 1. The first-order valence-corrected chi connectivity index (χ1v) is 8.50. The van der Waals surface area contributed by atoms with E-state index < -0.39 is 10.0 Å². The van der Waals surface area contributed by atoms with Crippen molar-refractivity contribution in [3.05, 3.63) is 21.9 Å². The maximum Gasteiger partial charge on any atom is 0.243 e. The Morgan fingerprint density at radius 1 is 1.40 bits per heavy atom. The van der Waals surface area contributed by atoms with Gasteiger partial charge < -0.3 is 9.47 Å². The van der Waals surface area contributed by atoms with E-state index in [1.165, 1.54) is 12.3 Å². The van der Waals surface area contributed by atoms with E-state index in [-0.39, 0.29) is 16.6 Å². The van der Waals surface area contributed by atoms with Gasteiger partial charge in [0, 0.05) is 30.9 Å². The molecule has 0 aliphatic carbocycles. The fourth-order valence-electron chi connectivity index (χ4n) is 1.30. The minimum absolute atomic E-state index is 0.0474. The Hall–Kier alpha value is -0.250. The normalized spacial score (nSPS) is 11.8. The average Bonchev–Trinajstić information content (AvgIpc) is 2.40. The molecule has 1 heterocycles. The fraction of sp³-hybridized carbons (Fsp3) is 0.545. The van der Waals surface area contributed by atoms with Crippen LogP contribution in [-0.2, 0) is 19.5 Å². The predicted octanol–water partition coefficient (Wildman–Crippen LogP) is 1.83. The molecule has 0 aromatic carbocycles. The maximum absolute atomic E-state index is 12.0. The van der Waals surface area contributed by atoms with Gasteiger partial charge in [0.1, 0.15) is 10.0 Å². The lowest BCUT2D eigenvalue weighted by Gasteiger charge is -2.08. The number of halogens is 2. The molecule has 0 aliphatic heterocycles. The molecule has 6 nitrogen and oxygen atoms in total.